The third-order valence-electron chi connectivity index (χ3n) is 3.63. The molecule has 0 N–H and O–H groups in total. The average Bonchev–Trinajstić information content (AvgIpc) is 2.60. The predicted octanol–water partition coefficient (Wildman–Crippen LogP) is 4.48. The van der Waals surface area contributed by atoms with E-state index >= 15 is 0 Å². The number of esters is 1. The normalized spacial score (nSPS) is 13.4. The first-order valence-corrected chi connectivity index (χ1v) is 7.72. The molecule has 0 saturated carbocycles. The highest BCUT2D eigenvalue weighted by Crippen LogP contribution is 2.37. The minimum absolute atomic E-state index is 0.126. The second kappa shape index (κ2) is 7.91. The van der Waals surface area contributed by atoms with Crippen LogP contribution >= 0.6 is 0 Å². The third-order valence-corrected chi connectivity index (χ3v) is 3.63. The molecule has 0 fully saturated rings. The Labute approximate surface area is 148 Å². The number of carbonyl (C=O) groups excluding carboxylic acids is 1. The number of nitriles is 1. The van der Waals surface area contributed by atoms with Crippen molar-refractivity contribution in [3.05, 3.63) is 65.2 Å². The number of benzene rings is 2. The summed E-state index contributed by atoms with van der Waals surface area (Å²) in [5.41, 5.74) is 0.631. The Hall–Kier alpha value is -3.01. The van der Waals surface area contributed by atoms with Gasteiger partial charge < -0.3 is 9.47 Å². The van der Waals surface area contributed by atoms with Gasteiger partial charge in [-0.15, -0.1) is 0 Å². The number of hydrogen-bond acceptors (Lipinski definition) is 4. The molecular weight excluding hydrogens is 347 g/mol. The molecular formula is C19H16F3NO3. The van der Waals surface area contributed by atoms with Crippen molar-refractivity contribution >= 4 is 5.97 Å². The zero-order valence-corrected chi connectivity index (χ0v) is 14.1. The minimum atomic E-state index is -4.75. The van der Waals surface area contributed by atoms with Crippen molar-refractivity contribution in [2.75, 3.05) is 0 Å². The molecule has 0 aliphatic heterocycles. The first kappa shape index (κ1) is 19.3. The summed E-state index contributed by atoms with van der Waals surface area (Å²) in [6.45, 7) is 2.81. The van der Waals surface area contributed by atoms with Gasteiger partial charge in [0.15, 0.2) is 6.10 Å². The molecule has 0 bridgehead atoms. The molecule has 7 heteroatoms. The van der Waals surface area contributed by atoms with Crippen molar-refractivity contribution in [1.82, 2.24) is 0 Å². The van der Waals surface area contributed by atoms with Crippen LogP contribution in [0.15, 0.2) is 48.5 Å². The molecule has 2 aromatic rings. The van der Waals surface area contributed by atoms with Gasteiger partial charge in [-0.1, -0.05) is 24.3 Å². The maximum absolute atomic E-state index is 13.4. The molecule has 0 unspecified atom stereocenters. The van der Waals surface area contributed by atoms with Gasteiger partial charge in [-0.05, 0) is 43.7 Å². The number of ether oxygens (including phenoxy) is 2. The standard InChI is InChI=1S/C19H16F3NO3/c1-12-5-3-4-6-16(12)17(19(20,21)22)26-18(24)13(2)25-15-9-7-14(11-23)8-10-15/h3-10,13,17H,1-2H3/t13-,17-/m1/s1. The Morgan fingerprint density at radius 2 is 1.73 bits per heavy atom. The van der Waals surface area contributed by atoms with Crippen molar-refractivity contribution in [2.24, 2.45) is 0 Å². The van der Waals surface area contributed by atoms with Crippen LogP contribution in [0.25, 0.3) is 0 Å². The molecule has 0 amide bonds. The van der Waals surface area contributed by atoms with Gasteiger partial charge in [-0.2, -0.15) is 18.4 Å². The fraction of sp³-hybridized carbons (Fsp3) is 0.263. The van der Waals surface area contributed by atoms with Crippen molar-refractivity contribution in [3.8, 4) is 11.8 Å². The number of aryl methyl sites for hydroxylation is 1. The molecule has 0 aromatic heterocycles. The second-order valence-corrected chi connectivity index (χ2v) is 5.61. The highest BCUT2D eigenvalue weighted by atomic mass is 19.4. The van der Waals surface area contributed by atoms with Crippen LogP contribution in [-0.4, -0.2) is 18.2 Å². The summed E-state index contributed by atoms with van der Waals surface area (Å²) in [4.78, 5) is 12.1. The SMILES string of the molecule is Cc1ccccc1[C@@H](OC(=O)[C@@H](C)Oc1ccc(C#N)cc1)C(F)(F)F. The monoisotopic (exact) mass is 363 g/mol. The second-order valence-electron chi connectivity index (χ2n) is 5.61. The summed E-state index contributed by atoms with van der Waals surface area (Å²) in [5, 5.41) is 8.73. The molecule has 2 aromatic carbocycles. The smallest absolute Gasteiger partial charge is 0.429 e. The van der Waals surface area contributed by atoms with E-state index in [0.717, 1.165) is 0 Å². The molecule has 0 aliphatic carbocycles. The Bertz CT molecular complexity index is 810. The van der Waals surface area contributed by atoms with Gasteiger partial charge in [0.05, 0.1) is 11.6 Å². The number of nitrogens with zero attached hydrogens (tertiary/aromatic N) is 1. The van der Waals surface area contributed by atoms with Gasteiger partial charge in [0.2, 0.25) is 6.10 Å². The zero-order valence-electron chi connectivity index (χ0n) is 14.1. The summed E-state index contributed by atoms with van der Waals surface area (Å²) < 4.78 is 50.1. The maximum Gasteiger partial charge on any atom is 0.429 e. The van der Waals surface area contributed by atoms with Crippen LogP contribution in [0.2, 0.25) is 0 Å². The molecule has 0 aliphatic rings. The lowest BCUT2D eigenvalue weighted by atomic mass is 10.0. The van der Waals surface area contributed by atoms with E-state index in [9.17, 15) is 18.0 Å². The van der Waals surface area contributed by atoms with E-state index in [4.69, 9.17) is 14.7 Å². The first-order chi connectivity index (χ1) is 12.2. The minimum Gasteiger partial charge on any atom is -0.479 e. The van der Waals surface area contributed by atoms with Crippen molar-refractivity contribution in [2.45, 2.75) is 32.2 Å². The average molecular weight is 363 g/mol. The van der Waals surface area contributed by atoms with E-state index in [0.29, 0.717) is 11.1 Å². The highest BCUT2D eigenvalue weighted by Gasteiger charge is 2.45. The van der Waals surface area contributed by atoms with Crippen molar-refractivity contribution in [3.63, 3.8) is 0 Å². The third kappa shape index (κ3) is 4.76. The predicted molar refractivity (Wildman–Crippen MR) is 87.3 cm³/mol. The summed E-state index contributed by atoms with van der Waals surface area (Å²) in [6.07, 6.45) is -8.38. The molecule has 0 radical (unpaired) electrons. The molecule has 0 spiro atoms. The molecule has 136 valence electrons. The quantitative estimate of drug-likeness (QED) is 0.735. The van der Waals surface area contributed by atoms with Gasteiger partial charge in [0.1, 0.15) is 5.75 Å². The van der Waals surface area contributed by atoms with Crippen LogP contribution in [0.4, 0.5) is 13.2 Å². The van der Waals surface area contributed by atoms with Gasteiger partial charge in [-0.25, -0.2) is 4.79 Å². The summed E-state index contributed by atoms with van der Waals surface area (Å²) in [5.74, 6) is -0.896. The largest absolute Gasteiger partial charge is 0.479 e. The summed E-state index contributed by atoms with van der Waals surface area (Å²) in [7, 11) is 0. The summed E-state index contributed by atoms with van der Waals surface area (Å²) >= 11 is 0. The number of alkyl halides is 3. The maximum atomic E-state index is 13.4. The summed E-state index contributed by atoms with van der Waals surface area (Å²) in [6, 6.07) is 13.6. The molecule has 4 nitrogen and oxygen atoms in total. The highest BCUT2D eigenvalue weighted by molar-refractivity contribution is 5.75. The zero-order chi connectivity index (χ0) is 19.3. The van der Waals surface area contributed by atoms with Crippen LogP contribution in [0.5, 0.6) is 5.75 Å². The topological polar surface area (TPSA) is 59.3 Å². The van der Waals surface area contributed by atoms with E-state index in [-0.39, 0.29) is 11.3 Å². The lowest BCUT2D eigenvalue weighted by molar-refractivity contribution is -0.227. The van der Waals surface area contributed by atoms with Crippen LogP contribution in [-0.2, 0) is 9.53 Å². The van der Waals surface area contributed by atoms with E-state index in [1.54, 1.807) is 6.07 Å². The van der Waals surface area contributed by atoms with Crippen molar-refractivity contribution in [1.29, 1.82) is 5.26 Å². The van der Waals surface area contributed by atoms with Gasteiger partial charge in [-0.3, -0.25) is 0 Å². The fourth-order valence-electron chi connectivity index (χ4n) is 2.26. The number of hydrogen-bond donors (Lipinski definition) is 0. The molecule has 2 atom stereocenters. The number of carbonyl (C=O) groups is 1. The first-order valence-electron chi connectivity index (χ1n) is 7.72. The molecule has 2 rings (SSSR count). The van der Waals surface area contributed by atoms with Gasteiger partial charge in [0.25, 0.3) is 0 Å². The van der Waals surface area contributed by atoms with Crippen LogP contribution in [0.3, 0.4) is 0 Å². The van der Waals surface area contributed by atoms with Gasteiger partial charge >= 0.3 is 12.1 Å². The Morgan fingerprint density at radius 3 is 2.27 bits per heavy atom. The Kier molecular flexibility index (Phi) is 5.88. The number of halogens is 3. The molecule has 0 heterocycles. The van der Waals surface area contributed by atoms with Crippen LogP contribution < -0.4 is 4.74 Å². The lowest BCUT2D eigenvalue weighted by Gasteiger charge is -2.24. The number of rotatable bonds is 5. The van der Waals surface area contributed by atoms with E-state index < -0.39 is 24.4 Å². The van der Waals surface area contributed by atoms with Crippen LogP contribution in [0.1, 0.15) is 29.7 Å². The van der Waals surface area contributed by atoms with E-state index in [1.807, 2.05) is 6.07 Å². The molecule has 26 heavy (non-hydrogen) atoms. The Morgan fingerprint density at radius 1 is 1.12 bits per heavy atom. The lowest BCUT2D eigenvalue weighted by Crippen LogP contribution is -2.33. The van der Waals surface area contributed by atoms with E-state index in [2.05, 4.69) is 0 Å². The van der Waals surface area contributed by atoms with Crippen LogP contribution in [0, 0.1) is 18.3 Å². The van der Waals surface area contributed by atoms with E-state index in [1.165, 1.54) is 56.3 Å². The molecule has 0 saturated heterocycles. The fourth-order valence-corrected chi connectivity index (χ4v) is 2.26. The van der Waals surface area contributed by atoms with Gasteiger partial charge in [0, 0.05) is 5.56 Å². The van der Waals surface area contributed by atoms with Crippen molar-refractivity contribution < 1.29 is 27.4 Å². The Balaban J connectivity index is 2.13.